The van der Waals surface area contributed by atoms with Crippen molar-refractivity contribution in [2.75, 3.05) is 6.54 Å². The first kappa shape index (κ1) is 9.78. The minimum Gasteiger partial charge on any atom is -0.330 e. The van der Waals surface area contributed by atoms with E-state index in [1.807, 2.05) is 6.07 Å². The van der Waals surface area contributed by atoms with Gasteiger partial charge in [-0.25, -0.2) is 0 Å². The quantitative estimate of drug-likeness (QED) is 0.837. The van der Waals surface area contributed by atoms with Gasteiger partial charge in [0, 0.05) is 0 Å². The lowest BCUT2D eigenvalue weighted by molar-refractivity contribution is 0.669. The summed E-state index contributed by atoms with van der Waals surface area (Å²) in [6.07, 6.45) is 1.14. The third-order valence-electron chi connectivity index (χ3n) is 2.97. The van der Waals surface area contributed by atoms with Gasteiger partial charge in [0.15, 0.2) is 0 Å². The zero-order valence-corrected chi connectivity index (χ0v) is 9.64. The van der Waals surface area contributed by atoms with Crippen LogP contribution in [0.1, 0.15) is 18.9 Å². The van der Waals surface area contributed by atoms with Crippen LogP contribution in [0.4, 0.5) is 0 Å². The van der Waals surface area contributed by atoms with Crippen molar-refractivity contribution in [1.29, 1.82) is 0 Å². The molecule has 0 aliphatic heterocycles. The predicted molar refractivity (Wildman–Crippen MR) is 58.9 cm³/mol. The SMILES string of the molecule is CC1(c2cc(Cl)sc2Cl)CC1CN. The van der Waals surface area contributed by atoms with Crippen LogP contribution in [0.5, 0.6) is 0 Å². The van der Waals surface area contributed by atoms with Gasteiger partial charge < -0.3 is 5.73 Å². The molecule has 0 saturated heterocycles. The first-order valence-electron chi connectivity index (χ1n) is 4.23. The molecule has 1 aromatic heterocycles. The van der Waals surface area contributed by atoms with E-state index in [0.29, 0.717) is 5.92 Å². The molecule has 2 atom stereocenters. The normalized spacial score (nSPS) is 32.2. The molecule has 2 N–H and O–H groups in total. The maximum Gasteiger partial charge on any atom is 0.0981 e. The number of hydrogen-bond acceptors (Lipinski definition) is 2. The summed E-state index contributed by atoms with van der Waals surface area (Å²) in [6.45, 7) is 2.94. The van der Waals surface area contributed by atoms with Crippen LogP contribution in [0.2, 0.25) is 8.67 Å². The average Bonchev–Trinajstić information content (AvgIpc) is 2.61. The van der Waals surface area contributed by atoms with E-state index in [2.05, 4.69) is 6.92 Å². The van der Waals surface area contributed by atoms with Crippen molar-refractivity contribution in [3.05, 3.63) is 20.3 Å². The number of halogens is 2. The standard InChI is InChI=1S/C9H11Cl2NS/c1-9(3-5(9)4-12)6-2-7(10)13-8(6)11/h2,5H,3-4,12H2,1H3. The number of nitrogens with two attached hydrogens (primary N) is 1. The molecular formula is C9H11Cl2NS. The second-order valence-corrected chi connectivity index (χ2v) is 6.08. The van der Waals surface area contributed by atoms with Crippen LogP contribution in [-0.2, 0) is 5.41 Å². The Kier molecular flexibility index (Phi) is 2.35. The Balaban J connectivity index is 2.32. The molecule has 0 aromatic carbocycles. The molecule has 2 unspecified atom stereocenters. The number of rotatable bonds is 2. The second kappa shape index (κ2) is 3.13. The van der Waals surface area contributed by atoms with Crippen molar-refractivity contribution < 1.29 is 0 Å². The molecule has 0 radical (unpaired) electrons. The van der Waals surface area contributed by atoms with Gasteiger partial charge >= 0.3 is 0 Å². The summed E-state index contributed by atoms with van der Waals surface area (Å²) >= 11 is 13.4. The van der Waals surface area contributed by atoms with Crippen LogP contribution in [-0.4, -0.2) is 6.54 Å². The maximum absolute atomic E-state index is 6.09. The van der Waals surface area contributed by atoms with E-state index in [-0.39, 0.29) is 5.41 Å². The molecule has 1 heterocycles. The fourth-order valence-corrected chi connectivity index (χ4v) is 3.58. The Morgan fingerprint density at radius 2 is 2.38 bits per heavy atom. The topological polar surface area (TPSA) is 26.0 Å². The van der Waals surface area contributed by atoms with E-state index in [4.69, 9.17) is 28.9 Å². The molecular weight excluding hydrogens is 225 g/mol. The first-order valence-corrected chi connectivity index (χ1v) is 5.80. The van der Waals surface area contributed by atoms with Crippen LogP contribution in [0.25, 0.3) is 0 Å². The summed E-state index contributed by atoms with van der Waals surface area (Å²) in [5.74, 6) is 0.579. The van der Waals surface area contributed by atoms with Gasteiger partial charge in [0.05, 0.1) is 8.67 Å². The summed E-state index contributed by atoms with van der Waals surface area (Å²) in [5.41, 5.74) is 7.00. The molecule has 0 amide bonds. The van der Waals surface area contributed by atoms with Crippen molar-refractivity contribution in [2.24, 2.45) is 11.7 Å². The van der Waals surface area contributed by atoms with Crippen molar-refractivity contribution in [3.8, 4) is 0 Å². The lowest BCUT2D eigenvalue weighted by Gasteiger charge is -2.08. The molecule has 72 valence electrons. The Hall–Kier alpha value is 0.240. The van der Waals surface area contributed by atoms with Gasteiger partial charge in [-0.05, 0) is 35.9 Å². The molecule has 1 aliphatic rings. The highest BCUT2D eigenvalue weighted by molar-refractivity contribution is 7.20. The second-order valence-electron chi connectivity index (χ2n) is 3.79. The fraction of sp³-hybridized carbons (Fsp3) is 0.556. The summed E-state index contributed by atoms with van der Waals surface area (Å²) in [7, 11) is 0. The van der Waals surface area contributed by atoms with E-state index < -0.39 is 0 Å². The smallest absolute Gasteiger partial charge is 0.0981 e. The first-order chi connectivity index (χ1) is 6.08. The molecule has 1 aromatic rings. The van der Waals surface area contributed by atoms with E-state index in [1.54, 1.807) is 0 Å². The number of thiophene rings is 1. The molecule has 1 aliphatic carbocycles. The highest BCUT2D eigenvalue weighted by Crippen LogP contribution is 2.57. The van der Waals surface area contributed by atoms with E-state index >= 15 is 0 Å². The average molecular weight is 236 g/mol. The highest BCUT2D eigenvalue weighted by atomic mass is 35.5. The monoisotopic (exact) mass is 235 g/mol. The van der Waals surface area contributed by atoms with Crippen LogP contribution < -0.4 is 5.73 Å². The zero-order valence-electron chi connectivity index (χ0n) is 7.31. The Labute approximate surface area is 91.8 Å². The molecule has 0 spiro atoms. The van der Waals surface area contributed by atoms with Crippen LogP contribution >= 0.6 is 34.5 Å². The lowest BCUT2D eigenvalue weighted by atomic mass is 9.99. The van der Waals surface area contributed by atoms with Crippen LogP contribution in [0, 0.1) is 5.92 Å². The van der Waals surface area contributed by atoms with Crippen LogP contribution in [0.3, 0.4) is 0 Å². The molecule has 0 bridgehead atoms. The summed E-state index contributed by atoms with van der Waals surface area (Å²) in [4.78, 5) is 0. The fourth-order valence-electron chi connectivity index (χ4n) is 1.86. The summed E-state index contributed by atoms with van der Waals surface area (Å²) in [6, 6.07) is 1.98. The van der Waals surface area contributed by atoms with E-state index in [0.717, 1.165) is 21.6 Å². The van der Waals surface area contributed by atoms with Gasteiger partial charge in [0.1, 0.15) is 0 Å². The predicted octanol–water partition coefficient (Wildman–Crippen LogP) is 3.29. The van der Waals surface area contributed by atoms with Gasteiger partial charge in [0.2, 0.25) is 0 Å². The molecule has 1 nitrogen and oxygen atoms in total. The van der Waals surface area contributed by atoms with Gasteiger partial charge in [-0.15, -0.1) is 11.3 Å². The lowest BCUT2D eigenvalue weighted by Crippen LogP contribution is -2.11. The third-order valence-corrected chi connectivity index (χ3v) is 4.46. The van der Waals surface area contributed by atoms with Gasteiger partial charge in [-0.2, -0.15) is 0 Å². The third kappa shape index (κ3) is 1.50. The molecule has 4 heteroatoms. The largest absolute Gasteiger partial charge is 0.330 e. The van der Waals surface area contributed by atoms with Gasteiger partial charge in [0.25, 0.3) is 0 Å². The van der Waals surface area contributed by atoms with Crippen molar-refractivity contribution in [3.63, 3.8) is 0 Å². The molecule has 2 rings (SSSR count). The van der Waals surface area contributed by atoms with Gasteiger partial charge in [-0.1, -0.05) is 30.1 Å². The van der Waals surface area contributed by atoms with Crippen molar-refractivity contribution >= 4 is 34.5 Å². The van der Waals surface area contributed by atoms with Crippen LogP contribution in [0.15, 0.2) is 6.07 Å². The Morgan fingerprint density at radius 1 is 1.69 bits per heavy atom. The summed E-state index contributed by atoms with van der Waals surface area (Å²) < 4.78 is 1.59. The zero-order chi connectivity index (χ0) is 9.64. The van der Waals surface area contributed by atoms with E-state index in [9.17, 15) is 0 Å². The Bertz CT molecular complexity index is 336. The summed E-state index contributed by atoms with van der Waals surface area (Å²) in [5, 5.41) is 0. The van der Waals surface area contributed by atoms with E-state index in [1.165, 1.54) is 16.9 Å². The van der Waals surface area contributed by atoms with Gasteiger partial charge in [-0.3, -0.25) is 0 Å². The highest BCUT2D eigenvalue weighted by Gasteiger charge is 2.51. The van der Waals surface area contributed by atoms with Crippen molar-refractivity contribution in [2.45, 2.75) is 18.8 Å². The Morgan fingerprint density at radius 3 is 2.77 bits per heavy atom. The molecule has 1 saturated carbocycles. The molecule has 1 fully saturated rings. The molecule has 13 heavy (non-hydrogen) atoms. The minimum atomic E-state index is 0.190. The minimum absolute atomic E-state index is 0.190. The van der Waals surface area contributed by atoms with Crippen molar-refractivity contribution in [1.82, 2.24) is 0 Å². The number of hydrogen-bond donors (Lipinski definition) is 1. The maximum atomic E-state index is 6.09.